The summed E-state index contributed by atoms with van der Waals surface area (Å²) in [6.07, 6.45) is 2.52. The first-order valence-electron chi connectivity index (χ1n) is 6.83. The molecule has 1 saturated carbocycles. The zero-order valence-electron chi connectivity index (χ0n) is 11.1. The summed E-state index contributed by atoms with van der Waals surface area (Å²) in [5.74, 6) is -1.07. The largest absolute Gasteiger partial charge is 0.299 e. The molecule has 2 rings (SSSR count). The maximum Gasteiger partial charge on any atom is 0.226 e. The molecule has 1 saturated heterocycles. The number of rotatable bonds is 3. The first kappa shape index (κ1) is 13.9. The van der Waals surface area contributed by atoms with Crippen molar-refractivity contribution < 1.29 is 19.2 Å². The van der Waals surface area contributed by atoms with Gasteiger partial charge in [-0.25, -0.2) is 0 Å². The second-order valence-corrected chi connectivity index (χ2v) is 5.81. The second-order valence-electron chi connectivity index (χ2n) is 5.81. The van der Waals surface area contributed by atoms with Crippen molar-refractivity contribution in [3.63, 3.8) is 0 Å². The van der Waals surface area contributed by atoms with Gasteiger partial charge < -0.3 is 0 Å². The SMILES string of the molecule is C[C@@H]1CCC(=O)[C@H](C(=O)CC2CC(=O)NC(=O)C2)C1. The Labute approximate surface area is 112 Å². The number of amides is 2. The molecule has 0 bridgehead atoms. The monoisotopic (exact) mass is 265 g/mol. The van der Waals surface area contributed by atoms with Gasteiger partial charge in [0.2, 0.25) is 11.8 Å². The summed E-state index contributed by atoms with van der Waals surface area (Å²) < 4.78 is 0. The molecule has 0 radical (unpaired) electrons. The van der Waals surface area contributed by atoms with Gasteiger partial charge in [0.25, 0.3) is 0 Å². The molecular weight excluding hydrogens is 246 g/mol. The molecule has 0 spiro atoms. The molecule has 1 N–H and O–H groups in total. The second kappa shape index (κ2) is 5.63. The number of ketones is 2. The van der Waals surface area contributed by atoms with Crippen LogP contribution >= 0.6 is 0 Å². The molecule has 5 nitrogen and oxygen atoms in total. The Morgan fingerprint density at radius 1 is 1.21 bits per heavy atom. The summed E-state index contributed by atoms with van der Waals surface area (Å²) in [6, 6.07) is 0. The highest BCUT2D eigenvalue weighted by molar-refractivity contribution is 6.04. The fraction of sp³-hybridized carbons (Fsp3) is 0.714. The lowest BCUT2D eigenvalue weighted by molar-refractivity contribution is -0.137. The van der Waals surface area contributed by atoms with Crippen LogP contribution in [0, 0.1) is 17.8 Å². The van der Waals surface area contributed by atoms with E-state index in [9.17, 15) is 19.2 Å². The van der Waals surface area contributed by atoms with Crippen LogP contribution in [0.3, 0.4) is 0 Å². The van der Waals surface area contributed by atoms with Crippen molar-refractivity contribution in [2.75, 3.05) is 0 Å². The summed E-state index contributed by atoms with van der Waals surface area (Å²) in [5.41, 5.74) is 0. The lowest BCUT2D eigenvalue weighted by Gasteiger charge is -2.26. The highest BCUT2D eigenvalue weighted by Gasteiger charge is 2.34. The van der Waals surface area contributed by atoms with Gasteiger partial charge >= 0.3 is 0 Å². The van der Waals surface area contributed by atoms with Crippen LogP contribution in [0.15, 0.2) is 0 Å². The van der Waals surface area contributed by atoms with Crippen molar-refractivity contribution in [2.45, 2.75) is 45.4 Å². The maximum absolute atomic E-state index is 12.2. The van der Waals surface area contributed by atoms with Gasteiger partial charge in [0.15, 0.2) is 0 Å². The molecule has 0 unspecified atom stereocenters. The van der Waals surface area contributed by atoms with Crippen LogP contribution in [0.5, 0.6) is 0 Å². The van der Waals surface area contributed by atoms with Gasteiger partial charge in [-0.1, -0.05) is 6.92 Å². The molecule has 1 aliphatic heterocycles. The van der Waals surface area contributed by atoms with E-state index in [2.05, 4.69) is 5.32 Å². The fourth-order valence-electron chi connectivity index (χ4n) is 2.95. The number of piperidine rings is 1. The molecule has 5 heteroatoms. The molecule has 0 aromatic carbocycles. The topological polar surface area (TPSA) is 80.3 Å². The third-order valence-electron chi connectivity index (χ3n) is 4.02. The highest BCUT2D eigenvalue weighted by atomic mass is 16.2. The quantitative estimate of drug-likeness (QED) is 0.610. The molecule has 2 atom stereocenters. The number of nitrogens with one attached hydrogen (secondary N) is 1. The minimum Gasteiger partial charge on any atom is -0.299 e. The van der Waals surface area contributed by atoms with Crippen LogP contribution in [-0.2, 0) is 19.2 Å². The van der Waals surface area contributed by atoms with Crippen LogP contribution in [-0.4, -0.2) is 23.4 Å². The normalized spacial score (nSPS) is 29.2. The van der Waals surface area contributed by atoms with E-state index in [1.54, 1.807) is 0 Å². The molecule has 2 aliphatic rings. The van der Waals surface area contributed by atoms with Crippen molar-refractivity contribution in [3.05, 3.63) is 0 Å². The Morgan fingerprint density at radius 3 is 2.47 bits per heavy atom. The number of carbonyl (C=O) groups excluding carboxylic acids is 4. The standard InChI is InChI=1S/C14H19NO4/c1-8-2-3-11(16)10(4-8)12(17)5-9-6-13(18)15-14(19)7-9/h8-10H,2-7H2,1H3,(H,15,18,19)/t8-,10-/m1/s1. The summed E-state index contributed by atoms with van der Waals surface area (Å²) in [6.45, 7) is 2.05. The molecule has 2 amide bonds. The van der Waals surface area contributed by atoms with Gasteiger partial charge in [0, 0.05) is 25.7 Å². The maximum atomic E-state index is 12.2. The number of imide groups is 1. The van der Waals surface area contributed by atoms with Gasteiger partial charge in [-0.2, -0.15) is 0 Å². The van der Waals surface area contributed by atoms with E-state index in [0.717, 1.165) is 6.42 Å². The van der Waals surface area contributed by atoms with E-state index in [1.807, 2.05) is 6.92 Å². The van der Waals surface area contributed by atoms with E-state index < -0.39 is 5.92 Å². The summed E-state index contributed by atoms with van der Waals surface area (Å²) in [7, 11) is 0. The van der Waals surface area contributed by atoms with Crippen molar-refractivity contribution in [1.82, 2.24) is 5.32 Å². The predicted molar refractivity (Wildman–Crippen MR) is 67.0 cm³/mol. The minimum atomic E-state index is -0.510. The number of carbonyl (C=O) groups is 4. The molecular formula is C14H19NO4. The van der Waals surface area contributed by atoms with Gasteiger partial charge in [0.05, 0.1) is 5.92 Å². The van der Waals surface area contributed by atoms with Crippen LogP contribution < -0.4 is 5.32 Å². The van der Waals surface area contributed by atoms with Gasteiger partial charge in [-0.05, 0) is 24.7 Å². The van der Waals surface area contributed by atoms with Crippen LogP contribution in [0.25, 0.3) is 0 Å². The fourth-order valence-corrected chi connectivity index (χ4v) is 2.95. The molecule has 2 fully saturated rings. The lowest BCUT2D eigenvalue weighted by atomic mass is 9.76. The zero-order chi connectivity index (χ0) is 14.0. The molecule has 0 aromatic rings. The zero-order valence-corrected chi connectivity index (χ0v) is 11.1. The molecule has 19 heavy (non-hydrogen) atoms. The average Bonchev–Trinajstić information content (AvgIpc) is 2.30. The van der Waals surface area contributed by atoms with Crippen LogP contribution in [0.4, 0.5) is 0 Å². The molecule has 1 heterocycles. The van der Waals surface area contributed by atoms with Crippen molar-refractivity contribution in [2.24, 2.45) is 17.8 Å². The van der Waals surface area contributed by atoms with Crippen LogP contribution in [0.2, 0.25) is 0 Å². The Morgan fingerprint density at radius 2 is 1.84 bits per heavy atom. The number of hydrogen-bond acceptors (Lipinski definition) is 4. The summed E-state index contributed by atoms with van der Waals surface area (Å²) in [5, 5.41) is 2.22. The van der Waals surface area contributed by atoms with Gasteiger partial charge in [-0.15, -0.1) is 0 Å². The van der Waals surface area contributed by atoms with Crippen molar-refractivity contribution in [3.8, 4) is 0 Å². The average molecular weight is 265 g/mol. The van der Waals surface area contributed by atoms with E-state index in [-0.39, 0.29) is 48.6 Å². The smallest absolute Gasteiger partial charge is 0.226 e. The van der Waals surface area contributed by atoms with Crippen molar-refractivity contribution in [1.29, 1.82) is 0 Å². The third-order valence-corrected chi connectivity index (χ3v) is 4.02. The Bertz CT molecular complexity index is 413. The van der Waals surface area contributed by atoms with Gasteiger partial charge in [0.1, 0.15) is 11.6 Å². The summed E-state index contributed by atoms with van der Waals surface area (Å²) in [4.78, 5) is 46.5. The Kier molecular flexibility index (Phi) is 4.12. The van der Waals surface area contributed by atoms with E-state index in [4.69, 9.17) is 0 Å². The molecule has 104 valence electrons. The third kappa shape index (κ3) is 3.49. The Hall–Kier alpha value is -1.52. The van der Waals surface area contributed by atoms with Crippen molar-refractivity contribution >= 4 is 23.4 Å². The summed E-state index contributed by atoms with van der Waals surface area (Å²) >= 11 is 0. The lowest BCUT2D eigenvalue weighted by Crippen LogP contribution is -2.40. The minimum absolute atomic E-state index is 0.0229. The molecule has 0 aromatic heterocycles. The van der Waals surface area contributed by atoms with E-state index in [1.165, 1.54) is 0 Å². The number of hydrogen-bond donors (Lipinski definition) is 1. The molecule has 1 aliphatic carbocycles. The van der Waals surface area contributed by atoms with Gasteiger partial charge in [-0.3, -0.25) is 24.5 Å². The Balaban J connectivity index is 1.94. The van der Waals surface area contributed by atoms with E-state index >= 15 is 0 Å². The predicted octanol–water partition coefficient (Wildman–Crippen LogP) is 1.00. The van der Waals surface area contributed by atoms with Crippen LogP contribution in [0.1, 0.15) is 45.4 Å². The van der Waals surface area contributed by atoms with E-state index in [0.29, 0.717) is 18.8 Å². The first-order chi connectivity index (χ1) is 8.95. The highest BCUT2D eigenvalue weighted by Crippen LogP contribution is 2.29. The number of Topliss-reactive ketones (excluding diaryl/α,β-unsaturated/α-hetero) is 2. The first-order valence-corrected chi connectivity index (χ1v) is 6.83.